The van der Waals surface area contributed by atoms with Crippen LogP contribution in [0, 0.1) is 0 Å². The van der Waals surface area contributed by atoms with Gasteiger partial charge < -0.3 is 20.1 Å². The van der Waals surface area contributed by atoms with Gasteiger partial charge in [0.25, 0.3) is 0 Å². The summed E-state index contributed by atoms with van der Waals surface area (Å²) in [5.74, 6) is -0.320. The van der Waals surface area contributed by atoms with E-state index < -0.39 is 12.0 Å². The van der Waals surface area contributed by atoms with E-state index >= 15 is 0 Å². The lowest BCUT2D eigenvalue weighted by atomic mass is 10.1. The number of nitrogens with zero attached hydrogens (tertiary/aromatic N) is 1. The number of nitrogens with two attached hydrogens (primary N) is 1. The number of fused-ring (bicyclic) bond motifs is 1. The Labute approximate surface area is 105 Å². The van der Waals surface area contributed by atoms with Crippen molar-refractivity contribution in [1.29, 1.82) is 0 Å². The zero-order valence-corrected chi connectivity index (χ0v) is 10.4. The Morgan fingerprint density at radius 2 is 2.28 bits per heavy atom. The van der Waals surface area contributed by atoms with E-state index in [2.05, 4.69) is 0 Å². The minimum Gasteiger partial charge on any atom is -0.508 e. The number of esters is 1. The molecule has 0 saturated carbocycles. The number of carbonyl (C=O) groups is 1. The van der Waals surface area contributed by atoms with Crippen molar-refractivity contribution in [1.82, 2.24) is 4.57 Å². The topological polar surface area (TPSA) is 77.5 Å². The second-order valence-electron chi connectivity index (χ2n) is 4.13. The predicted octanol–water partition coefficient (Wildman–Crippen LogP) is 1.45. The second-order valence-corrected chi connectivity index (χ2v) is 4.13. The maximum absolute atomic E-state index is 11.7. The van der Waals surface area contributed by atoms with Gasteiger partial charge in [0.1, 0.15) is 11.8 Å². The lowest BCUT2D eigenvalue weighted by Gasteiger charge is -2.09. The van der Waals surface area contributed by atoms with Crippen molar-refractivity contribution in [3.63, 3.8) is 0 Å². The van der Waals surface area contributed by atoms with Gasteiger partial charge in [0.2, 0.25) is 0 Å². The smallest absolute Gasteiger partial charge is 0.327 e. The fraction of sp³-hybridized carbons (Fsp3) is 0.308. The maximum atomic E-state index is 11.7. The molecule has 0 aliphatic rings. The number of hydrogen-bond acceptors (Lipinski definition) is 4. The summed E-state index contributed by atoms with van der Waals surface area (Å²) in [6.45, 7) is 2.03. The first kappa shape index (κ1) is 12.4. The number of carbonyl (C=O) groups excluding carboxylic acids is 1. The molecule has 5 heteroatoms. The fourth-order valence-corrected chi connectivity index (χ4v) is 2.02. The van der Waals surface area contributed by atoms with Crippen LogP contribution in [0.4, 0.5) is 0 Å². The molecule has 1 unspecified atom stereocenters. The molecule has 0 aliphatic carbocycles. The SMILES string of the molecule is CCOC(=O)C(N)c1cn(C)c2ccc(O)cc12. The minimum absolute atomic E-state index is 0.144. The van der Waals surface area contributed by atoms with Crippen molar-refractivity contribution < 1.29 is 14.6 Å². The van der Waals surface area contributed by atoms with Crippen molar-refractivity contribution in [2.24, 2.45) is 12.8 Å². The van der Waals surface area contributed by atoms with E-state index in [1.807, 2.05) is 11.6 Å². The van der Waals surface area contributed by atoms with Crippen LogP contribution in [0.2, 0.25) is 0 Å². The largest absolute Gasteiger partial charge is 0.508 e. The molecule has 1 atom stereocenters. The van der Waals surface area contributed by atoms with Crippen LogP contribution in [0.5, 0.6) is 5.75 Å². The molecule has 0 fully saturated rings. The van der Waals surface area contributed by atoms with Gasteiger partial charge in [-0.05, 0) is 25.1 Å². The van der Waals surface area contributed by atoms with Gasteiger partial charge in [-0.3, -0.25) is 0 Å². The van der Waals surface area contributed by atoms with E-state index in [1.165, 1.54) is 0 Å². The number of aryl methyl sites for hydroxylation is 1. The number of ether oxygens (including phenoxy) is 1. The van der Waals surface area contributed by atoms with Gasteiger partial charge >= 0.3 is 5.97 Å². The van der Waals surface area contributed by atoms with Crippen LogP contribution < -0.4 is 5.73 Å². The highest BCUT2D eigenvalue weighted by molar-refractivity contribution is 5.90. The molecule has 0 saturated heterocycles. The molecule has 0 bridgehead atoms. The number of aromatic hydroxyl groups is 1. The van der Waals surface area contributed by atoms with Crippen molar-refractivity contribution in [3.8, 4) is 5.75 Å². The Morgan fingerprint density at radius 1 is 1.56 bits per heavy atom. The molecule has 2 rings (SSSR count). The Balaban J connectivity index is 2.50. The van der Waals surface area contributed by atoms with E-state index in [0.29, 0.717) is 12.2 Å². The molecule has 1 aromatic heterocycles. The molecular formula is C13H16N2O3. The van der Waals surface area contributed by atoms with Crippen molar-refractivity contribution in [2.75, 3.05) is 6.61 Å². The van der Waals surface area contributed by atoms with Gasteiger partial charge in [-0.15, -0.1) is 0 Å². The molecule has 18 heavy (non-hydrogen) atoms. The zero-order chi connectivity index (χ0) is 13.3. The quantitative estimate of drug-likeness (QED) is 0.806. The summed E-state index contributed by atoms with van der Waals surface area (Å²) < 4.78 is 6.78. The highest BCUT2D eigenvalue weighted by atomic mass is 16.5. The lowest BCUT2D eigenvalue weighted by molar-refractivity contribution is -0.144. The third kappa shape index (κ3) is 2.04. The molecule has 0 spiro atoms. The fourth-order valence-electron chi connectivity index (χ4n) is 2.02. The molecule has 0 aliphatic heterocycles. The van der Waals surface area contributed by atoms with Crippen molar-refractivity contribution in [2.45, 2.75) is 13.0 Å². The van der Waals surface area contributed by atoms with Crippen LogP contribution in [0.25, 0.3) is 10.9 Å². The standard InChI is InChI=1S/C13H16N2O3/c1-3-18-13(17)12(14)10-7-15(2)11-5-4-8(16)6-9(10)11/h4-7,12,16H,3,14H2,1-2H3. The first-order valence-electron chi connectivity index (χ1n) is 5.74. The molecular weight excluding hydrogens is 232 g/mol. The Kier molecular flexibility index (Phi) is 3.25. The Bertz CT molecular complexity index is 589. The first-order valence-corrected chi connectivity index (χ1v) is 5.74. The van der Waals surface area contributed by atoms with Crippen LogP contribution in [0.1, 0.15) is 18.5 Å². The number of phenolic OH excluding ortho intramolecular Hbond substituents is 1. The van der Waals surface area contributed by atoms with Crippen molar-refractivity contribution in [3.05, 3.63) is 30.0 Å². The summed E-state index contributed by atoms with van der Waals surface area (Å²) in [5, 5.41) is 10.3. The molecule has 0 amide bonds. The van der Waals surface area contributed by atoms with Gasteiger partial charge in [-0.25, -0.2) is 4.79 Å². The molecule has 1 aromatic carbocycles. The molecule has 1 heterocycles. The lowest BCUT2D eigenvalue weighted by Crippen LogP contribution is -2.23. The average molecular weight is 248 g/mol. The molecule has 3 N–H and O–H groups in total. The molecule has 2 aromatic rings. The van der Waals surface area contributed by atoms with Crippen LogP contribution in [-0.4, -0.2) is 22.2 Å². The van der Waals surface area contributed by atoms with Crippen LogP contribution >= 0.6 is 0 Å². The van der Waals surface area contributed by atoms with E-state index in [9.17, 15) is 9.90 Å². The Morgan fingerprint density at radius 3 is 2.94 bits per heavy atom. The third-order valence-electron chi connectivity index (χ3n) is 2.88. The summed E-state index contributed by atoms with van der Waals surface area (Å²) in [7, 11) is 1.86. The second kappa shape index (κ2) is 4.70. The highest BCUT2D eigenvalue weighted by Gasteiger charge is 2.21. The Hall–Kier alpha value is -2.01. The highest BCUT2D eigenvalue weighted by Crippen LogP contribution is 2.28. The summed E-state index contributed by atoms with van der Waals surface area (Å²) in [6, 6.07) is 4.15. The van der Waals surface area contributed by atoms with Gasteiger partial charge in [0.05, 0.1) is 6.61 Å². The summed E-state index contributed by atoms with van der Waals surface area (Å²) in [4.78, 5) is 11.7. The van der Waals surface area contributed by atoms with Gasteiger partial charge in [0.15, 0.2) is 0 Å². The summed E-state index contributed by atoms with van der Waals surface area (Å²) >= 11 is 0. The minimum atomic E-state index is -0.838. The predicted molar refractivity (Wildman–Crippen MR) is 68.1 cm³/mol. The third-order valence-corrected chi connectivity index (χ3v) is 2.88. The zero-order valence-electron chi connectivity index (χ0n) is 10.4. The van der Waals surface area contributed by atoms with E-state index in [1.54, 1.807) is 31.3 Å². The molecule has 5 nitrogen and oxygen atoms in total. The van der Waals surface area contributed by atoms with Gasteiger partial charge in [-0.1, -0.05) is 0 Å². The van der Waals surface area contributed by atoms with E-state index in [-0.39, 0.29) is 5.75 Å². The van der Waals surface area contributed by atoms with E-state index in [4.69, 9.17) is 10.5 Å². The number of rotatable bonds is 3. The number of phenols is 1. The summed E-state index contributed by atoms with van der Waals surface area (Å²) in [5.41, 5.74) is 7.44. The average Bonchev–Trinajstić information content (AvgIpc) is 2.65. The van der Waals surface area contributed by atoms with Crippen LogP contribution in [0.3, 0.4) is 0 Å². The van der Waals surface area contributed by atoms with Gasteiger partial charge in [-0.2, -0.15) is 0 Å². The molecule has 96 valence electrons. The maximum Gasteiger partial charge on any atom is 0.327 e. The number of benzene rings is 1. The monoisotopic (exact) mass is 248 g/mol. The van der Waals surface area contributed by atoms with Crippen LogP contribution in [0.15, 0.2) is 24.4 Å². The van der Waals surface area contributed by atoms with Crippen molar-refractivity contribution >= 4 is 16.9 Å². The number of aromatic nitrogens is 1. The van der Waals surface area contributed by atoms with E-state index in [0.717, 1.165) is 10.9 Å². The summed E-state index contributed by atoms with van der Waals surface area (Å²) in [6.07, 6.45) is 1.78. The first-order chi connectivity index (χ1) is 8.54. The molecule has 0 radical (unpaired) electrons. The van der Waals surface area contributed by atoms with Crippen LogP contribution in [-0.2, 0) is 16.6 Å². The normalized spacial score (nSPS) is 12.6. The number of hydrogen-bond donors (Lipinski definition) is 2. The van der Waals surface area contributed by atoms with Gasteiger partial charge in [0, 0.05) is 29.7 Å².